The van der Waals surface area contributed by atoms with Gasteiger partial charge < -0.3 is 15.4 Å². The summed E-state index contributed by atoms with van der Waals surface area (Å²) in [5.74, 6) is 0.00724. The van der Waals surface area contributed by atoms with Crippen molar-refractivity contribution in [3.05, 3.63) is 53.7 Å². The maximum atomic E-state index is 13.5. The van der Waals surface area contributed by atoms with E-state index in [1.807, 2.05) is 19.3 Å². The highest BCUT2D eigenvalue weighted by Crippen LogP contribution is 2.61. The molecule has 8 nitrogen and oxygen atoms in total. The summed E-state index contributed by atoms with van der Waals surface area (Å²) in [7, 11) is 1.86. The van der Waals surface area contributed by atoms with Crippen LogP contribution in [0.4, 0.5) is 10.3 Å². The standard InChI is InChI=1S/C21H20ClFN6O2/c1-29-8-13(7-25-29)17-4-5-24-19(26-17)28-21-10-20(11-21,12-21)27-18(30)9-31-14-2-3-15(22)16(23)6-14/h2-8H,9-12H2,1H3,(H,27,30)(H,24,26,28). The number of anilines is 1. The molecule has 3 fully saturated rings. The third-order valence-corrected chi connectivity index (χ3v) is 6.04. The van der Waals surface area contributed by atoms with E-state index in [2.05, 4.69) is 25.7 Å². The van der Waals surface area contributed by atoms with Gasteiger partial charge in [0.1, 0.15) is 11.6 Å². The Kier molecular flexibility index (Phi) is 4.58. The Bertz CT molecular complexity index is 1150. The van der Waals surface area contributed by atoms with Crippen molar-refractivity contribution in [3.63, 3.8) is 0 Å². The number of carbonyl (C=O) groups is 1. The summed E-state index contributed by atoms with van der Waals surface area (Å²) in [4.78, 5) is 21.2. The van der Waals surface area contributed by atoms with Gasteiger partial charge in [-0.3, -0.25) is 9.48 Å². The molecule has 6 rings (SSSR count). The molecule has 0 atom stereocenters. The second kappa shape index (κ2) is 7.19. The van der Waals surface area contributed by atoms with E-state index < -0.39 is 5.82 Å². The molecule has 3 aromatic rings. The van der Waals surface area contributed by atoms with E-state index >= 15 is 0 Å². The fraction of sp³-hybridized carbons (Fsp3) is 0.333. The molecule has 2 heterocycles. The summed E-state index contributed by atoms with van der Waals surface area (Å²) in [5, 5.41) is 10.6. The molecule has 0 spiro atoms. The Morgan fingerprint density at radius 1 is 1.29 bits per heavy atom. The molecular formula is C21H20ClFN6O2. The molecule has 2 N–H and O–H groups in total. The molecule has 2 aromatic heterocycles. The molecular weight excluding hydrogens is 423 g/mol. The minimum atomic E-state index is -0.582. The number of carbonyl (C=O) groups excluding carboxylic acids is 1. The maximum Gasteiger partial charge on any atom is 0.258 e. The van der Waals surface area contributed by atoms with Crippen LogP contribution in [0.3, 0.4) is 0 Å². The molecule has 0 saturated heterocycles. The largest absolute Gasteiger partial charge is 0.484 e. The molecule has 160 valence electrons. The Morgan fingerprint density at radius 2 is 2.10 bits per heavy atom. The second-order valence-electron chi connectivity index (χ2n) is 8.30. The van der Waals surface area contributed by atoms with Gasteiger partial charge in [0.25, 0.3) is 5.91 Å². The Labute approximate surface area is 182 Å². The molecule has 0 radical (unpaired) electrons. The van der Waals surface area contributed by atoms with E-state index in [4.69, 9.17) is 16.3 Å². The summed E-state index contributed by atoms with van der Waals surface area (Å²) in [6.45, 7) is -0.181. The summed E-state index contributed by atoms with van der Waals surface area (Å²) in [5.41, 5.74) is 1.41. The Hall–Kier alpha value is -3.20. The number of benzene rings is 1. The monoisotopic (exact) mass is 442 g/mol. The summed E-state index contributed by atoms with van der Waals surface area (Å²) in [6.07, 6.45) is 7.76. The smallest absolute Gasteiger partial charge is 0.258 e. The van der Waals surface area contributed by atoms with Gasteiger partial charge in [0.05, 0.1) is 16.9 Å². The maximum absolute atomic E-state index is 13.5. The molecule has 1 aromatic carbocycles. The first-order valence-corrected chi connectivity index (χ1v) is 10.2. The van der Waals surface area contributed by atoms with E-state index in [0.717, 1.165) is 36.6 Å². The van der Waals surface area contributed by atoms with Crippen molar-refractivity contribution < 1.29 is 13.9 Å². The van der Waals surface area contributed by atoms with Gasteiger partial charge in [-0.1, -0.05) is 11.6 Å². The van der Waals surface area contributed by atoms with E-state index in [1.165, 1.54) is 12.1 Å². The fourth-order valence-corrected chi connectivity index (χ4v) is 4.59. The van der Waals surface area contributed by atoms with Gasteiger partial charge in [0.15, 0.2) is 6.61 Å². The second-order valence-corrected chi connectivity index (χ2v) is 8.70. The van der Waals surface area contributed by atoms with Crippen LogP contribution in [0.2, 0.25) is 5.02 Å². The number of nitrogens with zero attached hydrogens (tertiary/aromatic N) is 4. The lowest BCUT2D eigenvalue weighted by atomic mass is 9.44. The molecule has 3 aliphatic carbocycles. The predicted molar refractivity (Wildman–Crippen MR) is 112 cm³/mol. The topological polar surface area (TPSA) is 94.0 Å². The van der Waals surface area contributed by atoms with E-state index in [-0.39, 0.29) is 34.4 Å². The van der Waals surface area contributed by atoms with Crippen molar-refractivity contribution in [1.29, 1.82) is 0 Å². The van der Waals surface area contributed by atoms with E-state index in [9.17, 15) is 9.18 Å². The highest BCUT2D eigenvalue weighted by atomic mass is 35.5. The molecule has 0 unspecified atom stereocenters. The Balaban J connectivity index is 1.13. The van der Waals surface area contributed by atoms with Gasteiger partial charge in [0, 0.05) is 42.1 Å². The van der Waals surface area contributed by atoms with Gasteiger partial charge in [-0.25, -0.2) is 14.4 Å². The van der Waals surface area contributed by atoms with Crippen LogP contribution in [0.25, 0.3) is 11.3 Å². The van der Waals surface area contributed by atoms with Gasteiger partial charge in [-0.2, -0.15) is 5.10 Å². The van der Waals surface area contributed by atoms with Crippen LogP contribution in [-0.4, -0.2) is 43.3 Å². The van der Waals surface area contributed by atoms with Gasteiger partial charge in [0.2, 0.25) is 5.95 Å². The minimum Gasteiger partial charge on any atom is -0.484 e. The first kappa shape index (κ1) is 19.7. The zero-order chi connectivity index (χ0) is 21.6. The number of halogens is 2. The quantitative estimate of drug-likeness (QED) is 0.584. The number of ether oxygens (including phenoxy) is 1. The van der Waals surface area contributed by atoms with Crippen LogP contribution >= 0.6 is 11.6 Å². The predicted octanol–water partition coefficient (Wildman–Crippen LogP) is 2.95. The van der Waals surface area contributed by atoms with Crippen molar-refractivity contribution in [3.8, 4) is 17.0 Å². The van der Waals surface area contributed by atoms with Gasteiger partial charge in [-0.15, -0.1) is 0 Å². The zero-order valence-electron chi connectivity index (χ0n) is 16.7. The molecule has 1 amide bonds. The SMILES string of the molecule is Cn1cc(-c2ccnc(NC34CC(NC(=O)COc5ccc(Cl)c(F)c5)(C3)C4)n2)cn1. The van der Waals surface area contributed by atoms with Crippen LogP contribution in [-0.2, 0) is 11.8 Å². The van der Waals surface area contributed by atoms with Crippen molar-refractivity contribution in [2.75, 3.05) is 11.9 Å². The highest BCUT2D eigenvalue weighted by Gasteiger charge is 2.69. The van der Waals surface area contributed by atoms with Crippen molar-refractivity contribution >= 4 is 23.5 Å². The average Bonchev–Trinajstić information content (AvgIpc) is 3.13. The number of hydrogen-bond acceptors (Lipinski definition) is 6. The number of aryl methyl sites for hydroxylation is 1. The number of hydrogen-bond donors (Lipinski definition) is 2. The van der Waals surface area contributed by atoms with Crippen molar-refractivity contribution in [1.82, 2.24) is 25.1 Å². The zero-order valence-corrected chi connectivity index (χ0v) is 17.5. The van der Waals surface area contributed by atoms with Crippen molar-refractivity contribution in [2.24, 2.45) is 7.05 Å². The third-order valence-electron chi connectivity index (χ3n) is 5.73. The number of rotatable bonds is 7. The van der Waals surface area contributed by atoms with E-state index in [1.54, 1.807) is 17.1 Å². The molecule has 10 heteroatoms. The van der Waals surface area contributed by atoms with Crippen LogP contribution in [0.15, 0.2) is 42.9 Å². The van der Waals surface area contributed by atoms with Crippen LogP contribution in [0.5, 0.6) is 5.75 Å². The lowest BCUT2D eigenvalue weighted by Gasteiger charge is -2.70. The minimum absolute atomic E-state index is 0.0124. The van der Waals surface area contributed by atoms with Crippen LogP contribution in [0.1, 0.15) is 19.3 Å². The van der Waals surface area contributed by atoms with Gasteiger partial charge in [-0.05, 0) is 37.5 Å². The summed E-state index contributed by atoms with van der Waals surface area (Å²) < 4.78 is 20.5. The van der Waals surface area contributed by atoms with Gasteiger partial charge >= 0.3 is 0 Å². The first-order valence-electron chi connectivity index (χ1n) is 9.83. The van der Waals surface area contributed by atoms with Crippen LogP contribution in [0, 0.1) is 5.82 Å². The first-order chi connectivity index (χ1) is 14.8. The lowest BCUT2D eigenvalue weighted by Crippen LogP contribution is -2.81. The molecule has 0 aliphatic heterocycles. The summed E-state index contributed by atoms with van der Waals surface area (Å²) >= 11 is 5.65. The highest BCUT2D eigenvalue weighted by molar-refractivity contribution is 6.30. The van der Waals surface area contributed by atoms with E-state index in [0.29, 0.717) is 5.95 Å². The average molecular weight is 443 g/mol. The fourth-order valence-electron chi connectivity index (χ4n) is 4.47. The third kappa shape index (κ3) is 3.81. The number of nitrogens with one attached hydrogen (secondary N) is 2. The Morgan fingerprint density at radius 3 is 2.81 bits per heavy atom. The molecule has 3 saturated carbocycles. The lowest BCUT2D eigenvalue weighted by molar-refractivity contribution is -0.135. The normalized spacial score (nSPS) is 23.5. The number of amides is 1. The van der Waals surface area contributed by atoms with Crippen molar-refractivity contribution in [2.45, 2.75) is 30.3 Å². The molecule has 3 aliphatic rings. The molecule has 31 heavy (non-hydrogen) atoms. The number of aromatic nitrogens is 4. The van der Waals surface area contributed by atoms with Crippen LogP contribution < -0.4 is 15.4 Å². The summed E-state index contributed by atoms with van der Waals surface area (Å²) in [6, 6.07) is 5.93. The molecule has 2 bridgehead atoms.